The van der Waals surface area contributed by atoms with E-state index in [2.05, 4.69) is 9.97 Å². The average molecular weight is 344 g/mol. The van der Waals surface area contributed by atoms with Gasteiger partial charge in [-0.15, -0.1) is 0 Å². The molecule has 4 rings (SSSR count). The minimum Gasteiger partial charge on any atom is -0.479 e. The van der Waals surface area contributed by atoms with Gasteiger partial charge >= 0.3 is 6.09 Å². The summed E-state index contributed by atoms with van der Waals surface area (Å²) >= 11 is 0. The molecule has 2 aromatic heterocycles. The highest BCUT2D eigenvalue weighted by atomic mass is 16.6. The summed E-state index contributed by atoms with van der Waals surface area (Å²) in [5.74, 6) is 1.37. The second-order valence-corrected chi connectivity index (χ2v) is 8.14. The Morgan fingerprint density at radius 2 is 2.08 bits per heavy atom. The van der Waals surface area contributed by atoms with Crippen molar-refractivity contribution in [3.63, 3.8) is 0 Å². The number of imidazole rings is 1. The largest absolute Gasteiger partial charge is 0.479 e. The Morgan fingerprint density at radius 1 is 1.32 bits per heavy atom. The standard InChI is InChI=1S/C18H24N4O3/c1-17(2,3)25-16(23)22-11-18(5-6-18)9-12(22)14-20-10-13-15(24-4)19-7-8-21(13)14/h7-8,10,12H,5-6,9,11H2,1-4H3. The highest BCUT2D eigenvalue weighted by molar-refractivity contribution is 5.69. The van der Waals surface area contributed by atoms with Gasteiger partial charge in [0, 0.05) is 18.9 Å². The molecular weight excluding hydrogens is 320 g/mol. The van der Waals surface area contributed by atoms with Crippen LogP contribution in [-0.2, 0) is 4.74 Å². The number of methoxy groups -OCH3 is 1. The molecule has 134 valence electrons. The molecular formula is C18H24N4O3. The lowest BCUT2D eigenvalue weighted by atomic mass is 10.0. The molecule has 2 aromatic rings. The molecule has 1 amide bonds. The Balaban J connectivity index is 1.71. The summed E-state index contributed by atoms with van der Waals surface area (Å²) in [7, 11) is 1.59. The van der Waals surface area contributed by atoms with E-state index in [-0.39, 0.29) is 17.6 Å². The summed E-state index contributed by atoms with van der Waals surface area (Å²) < 4.78 is 12.9. The number of rotatable bonds is 2. The van der Waals surface area contributed by atoms with Crippen LogP contribution in [0.1, 0.15) is 51.9 Å². The van der Waals surface area contributed by atoms with Crippen LogP contribution in [0.15, 0.2) is 18.6 Å². The summed E-state index contributed by atoms with van der Waals surface area (Å²) in [5, 5.41) is 0. The van der Waals surface area contributed by atoms with Crippen molar-refractivity contribution in [3.8, 4) is 5.88 Å². The van der Waals surface area contributed by atoms with Gasteiger partial charge < -0.3 is 9.47 Å². The second-order valence-electron chi connectivity index (χ2n) is 8.14. The fourth-order valence-corrected chi connectivity index (χ4v) is 3.67. The zero-order valence-corrected chi connectivity index (χ0v) is 15.2. The first kappa shape index (κ1) is 16.2. The Labute approximate surface area is 147 Å². The third-order valence-electron chi connectivity index (χ3n) is 5.04. The normalized spacial score (nSPS) is 21.8. The number of carbonyl (C=O) groups excluding carboxylic acids is 1. The van der Waals surface area contributed by atoms with E-state index in [1.54, 1.807) is 19.5 Å². The molecule has 2 fully saturated rings. The topological polar surface area (TPSA) is 69.0 Å². The number of ether oxygens (including phenoxy) is 2. The number of amides is 1. The van der Waals surface area contributed by atoms with E-state index in [0.29, 0.717) is 5.88 Å². The van der Waals surface area contributed by atoms with E-state index in [4.69, 9.17) is 9.47 Å². The van der Waals surface area contributed by atoms with Crippen LogP contribution >= 0.6 is 0 Å². The van der Waals surface area contributed by atoms with Crippen LogP contribution in [0.3, 0.4) is 0 Å². The van der Waals surface area contributed by atoms with Gasteiger partial charge in [-0.1, -0.05) is 0 Å². The van der Waals surface area contributed by atoms with Crippen LogP contribution in [0.5, 0.6) is 5.88 Å². The molecule has 1 aliphatic heterocycles. The molecule has 0 radical (unpaired) electrons. The van der Waals surface area contributed by atoms with Crippen LogP contribution in [-0.4, -0.2) is 44.6 Å². The maximum absolute atomic E-state index is 12.8. The van der Waals surface area contributed by atoms with Gasteiger partial charge in [0.25, 0.3) is 0 Å². The Hall–Kier alpha value is -2.31. The first-order chi connectivity index (χ1) is 11.8. The molecule has 0 bridgehead atoms. The fraction of sp³-hybridized carbons (Fsp3) is 0.611. The third kappa shape index (κ3) is 2.81. The summed E-state index contributed by atoms with van der Waals surface area (Å²) in [4.78, 5) is 23.4. The van der Waals surface area contributed by atoms with Gasteiger partial charge in [-0.3, -0.25) is 9.30 Å². The van der Waals surface area contributed by atoms with Crippen LogP contribution < -0.4 is 4.74 Å². The monoisotopic (exact) mass is 344 g/mol. The van der Waals surface area contributed by atoms with Gasteiger partial charge in [0.2, 0.25) is 5.88 Å². The van der Waals surface area contributed by atoms with E-state index in [9.17, 15) is 4.79 Å². The molecule has 1 aliphatic carbocycles. The molecule has 7 heteroatoms. The van der Waals surface area contributed by atoms with E-state index >= 15 is 0 Å². The summed E-state index contributed by atoms with van der Waals surface area (Å²) in [6.07, 6.45) is 8.30. The third-order valence-corrected chi connectivity index (χ3v) is 5.04. The lowest BCUT2D eigenvalue weighted by Crippen LogP contribution is -2.37. The van der Waals surface area contributed by atoms with Crippen molar-refractivity contribution in [2.24, 2.45) is 5.41 Å². The minimum absolute atomic E-state index is 0.0908. The van der Waals surface area contributed by atoms with Crippen LogP contribution in [0.4, 0.5) is 4.79 Å². The highest BCUT2D eigenvalue weighted by Gasteiger charge is 2.55. The van der Waals surface area contributed by atoms with Crippen molar-refractivity contribution in [3.05, 3.63) is 24.4 Å². The quantitative estimate of drug-likeness (QED) is 0.837. The van der Waals surface area contributed by atoms with E-state index in [0.717, 1.165) is 37.1 Å². The number of hydrogen-bond acceptors (Lipinski definition) is 5. The molecule has 0 aromatic carbocycles. The molecule has 2 aliphatic rings. The molecule has 1 spiro atoms. The molecule has 1 unspecified atom stereocenters. The fourth-order valence-electron chi connectivity index (χ4n) is 3.67. The summed E-state index contributed by atoms with van der Waals surface area (Å²) in [6, 6.07) is -0.0908. The molecule has 0 N–H and O–H groups in total. The molecule has 7 nitrogen and oxygen atoms in total. The lowest BCUT2D eigenvalue weighted by Gasteiger charge is -2.28. The van der Waals surface area contributed by atoms with Gasteiger partial charge in [0.15, 0.2) is 0 Å². The van der Waals surface area contributed by atoms with Crippen molar-refractivity contribution < 1.29 is 14.3 Å². The molecule has 1 atom stereocenters. The number of likely N-dealkylation sites (tertiary alicyclic amines) is 1. The first-order valence-corrected chi connectivity index (χ1v) is 8.67. The van der Waals surface area contributed by atoms with Gasteiger partial charge in [-0.2, -0.15) is 0 Å². The Bertz CT molecular complexity index is 819. The Morgan fingerprint density at radius 3 is 2.72 bits per heavy atom. The number of nitrogens with zero attached hydrogens (tertiary/aromatic N) is 4. The van der Waals surface area contributed by atoms with E-state index in [1.807, 2.05) is 36.3 Å². The Kier molecular flexibility index (Phi) is 3.46. The number of fused-ring (bicyclic) bond motifs is 1. The summed E-state index contributed by atoms with van der Waals surface area (Å²) in [5.41, 5.74) is 0.536. The van der Waals surface area contributed by atoms with Gasteiger partial charge in [-0.25, -0.2) is 14.8 Å². The average Bonchev–Trinajstić information content (AvgIpc) is 2.99. The van der Waals surface area contributed by atoms with E-state index in [1.165, 1.54) is 0 Å². The predicted molar refractivity (Wildman–Crippen MR) is 91.5 cm³/mol. The maximum Gasteiger partial charge on any atom is 0.410 e. The first-order valence-electron chi connectivity index (χ1n) is 8.67. The van der Waals surface area contributed by atoms with E-state index < -0.39 is 5.60 Å². The molecule has 1 saturated heterocycles. The number of carbonyl (C=O) groups is 1. The summed E-state index contributed by atoms with van der Waals surface area (Å²) in [6.45, 7) is 6.42. The van der Waals surface area contributed by atoms with Crippen molar-refractivity contribution in [1.29, 1.82) is 0 Å². The lowest BCUT2D eigenvalue weighted by molar-refractivity contribution is 0.0211. The highest BCUT2D eigenvalue weighted by Crippen LogP contribution is 2.58. The maximum atomic E-state index is 12.8. The van der Waals surface area contributed by atoms with Crippen molar-refractivity contribution >= 4 is 11.6 Å². The van der Waals surface area contributed by atoms with Gasteiger partial charge in [0.1, 0.15) is 16.9 Å². The molecule has 25 heavy (non-hydrogen) atoms. The zero-order chi connectivity index (χ0) is 17.8. The van der Waals surface area contributed by atoms with Crippen molar-refractivity contribution in [2.75, 3.05) is 13.7 Å². The van der Waals surface area contributed by atoms with Crippen LogP contribution in [0.2, 0.25) is 0 Å². The van der Waals surface area contributed by atoms with Crippen LogP contribution in [0.25, 0.3) is 5.52 Å². The van der Waals surface area contributed by atoms with Gasteiger partial charge in [-0.05, 0) is 45.4 Å². The van der Waals surface area contributed by atoms with Gasteiger partial charge in [0.05, 0.1) is 19.3 Å². The molecule has 1 saturated carbocycles. The number of aromatic nitrogens is 3. The smallest absolute Gasteiger partial charge is 0.410 e. The minimum atomic E-state index is -0.511. The molecule has 3 heterocycles. The van der Waals surface area contributed by atoms with Crippen LogP contribution in [0, 0.1) is 5.41 Å². The number of hydrogen-bond donors (Lipinski definition) is 0. The van der Waals surface area contributed by atoms with Crippen molar-refractivity contribution in [1.82, 2.24) is 19.3 Å². The van der Waals surface area contributed by atoms with Crippen molar-refractivity contribution in [2.45, 2.75) is 51.7 Å². The zero-order valence-electron chi connectivity index (χ0n) is 15.2. The predicted octanol–water partition coefficient (Wildman–Crippen LogP) is 3.20. The SMILES string of the molecule is COc1nccn2c(C3CC4(CC4)CN3C(=O)OC(C)(C)C)ncc12. The second kappa shape index (κ2) is 5.34.